The monoisotopic (exact) mass is 283 g/mol. The average molecular weight is 284 g/mol. The van der Waals surface area contributed by atoms with E-state index in [0.29, 0.717) is 12.3 Å². The van der Waals surface area contributed by atoms with Crippen LogP contribution in [0.5, 0.6) is 0 Å². The molecule has 3 N–H and O–H groups in total. The van der Waals surface area contributed by atoms with Crippen LogP contribution >= 0.6 is 15.9 Å². The first-order valence-corrected chi connectivity index (χ1v) is 5.91. The van der Waals surface area contributed by atoms with Gasteiger partial charge in [-0.25, -0.2) is 4.98 Å². The highest BCUT2D eigenvalue weighted by Crippen LogP contribution is 2.24. The molecule has 5 heteroatoms. The Hall–Kier alpha value is -1.07. The highest BCUT2D eigenvalue weighted by atomic mass is 79.9. The van der Waals surface area contributed by atoms with E-state index in [4.69, 9.17) is 10.5 Å². The molecule has 4 nitrogen and oxygen atoms in total. The predicted octanol–water partition coefficient (Wildman–Crippen LogP) is 2.83. The second kappa shape index (κ2) is 4.43. The number of nitrogens with one attached hydrogen (secondary N) is 1. The smallest absolute Gasteiger partial charge is 0.133 e. The lowest BCUT2D eigenvalue weighted by Crippen LogP contribution is -2.03. The molecule has 0 aliphatic rings. The Bertz CT molecular complexity index is 507. The molecule has 1 aromatic heterocycles. The first-order valence-electron chi connectivity index (χ1n) is 5.11. The van der Waals surface area contributed by atoms with Crippen LogP contribution in [0.4, 0.5) is 5.69 Å². The van der Waals surface area contributed by atoms with Gasteiger partial charge in [0.1, 0.15) is 17.9 Å². The largest absolute Gasteiger partial charge is 0.397 e. The number of halogens is 1. The second-order valence-corrected chi connectivity index (χ2v) is 4.85. The average Bonchev–Trinajstić information content (AvgIpc) is 2.57. The third-order valence-corrected chi connectivity index (χ3v) is 2.64. The number of benzene rings is 1. The summed E-state index contributed by atoms with van der Waals surface area (Å²) in [5.41, 5.74) is 8.26. The van der Waals surface area contributed by atoms with Crippen molar-refractivity contribution >= 4 is 32.7 Å². The zero-order valence-corrected chi connectivity index (χ0v) is 10.8. The molecule has 16 heavy (non-hydrogen) atoms. The Balaban J connectivity index is 2.33. The molecule has 0 unspecified atom stereocenters. The van der Waals surface area contributed by atoms with E-state index in [0.717, 1.165) is 21.3 Å². The van der Waals surface area contributed by atoms with Crippen molar-refractivity contribution in [1.29, 1.82) is 0 Å². The molecule has 0 spiro atoms. The first-order chi connectivity index (χ1) is 7.56. The highest BCUT2D eigenvalue weighted by Gasteiger charge is 2.07. The molecule has 0 aliphatic heterocycles. The number of nitrogens with two attached hydrogens (primary N) is 1. The van der Waals surface area contributed by atoms with Crippen molar-refractivity contribution in [2.75, 3.05) is 5.73 Å². The lowest BCUT2D eigenvalue weighted by atomic mass is 10.3. The number of H-pyrrole nitrogens is 1. The van der Waals surface area contributed by atoms with Gasteiger partial charge < -0.3 is 15.5 Å². The zero-order valence-electron chi connectivity index (χ0n) is 9.25. The van der Waals surface area contributed by atoms with Crippen LogP contribution in [0.25, 0.3) is 11.0 Å². The molecule has 0 radical (unpaired) electrons. The van der Waals surface area contributed by atoms with Crippen molar-refractivity contribution < 1.29 is 4.74 Å². The van der Waals surface area contributed by atoms with E-state index < -0.39 is 0 Å². The standard InChI is InChI=1S/C11H14BrN3O/c1-6(2)16-5-10-14-9-4-7(12)3-8(13)11(9)15-10/h3-4,6H,5,13H2,1-2H3,(H,14,15). The van der Waals surface area contributed by atoms with Crippen LogP contribution in [0.1, 0.15) is 19.7 Å². The minimum Gasteiger partial charge on any atom is -0.397 e. The number of ether oxygens (including phenoxy) is 1. The number of hydrogen-bond acceptors (Lipinski definition) is 3. The van der Waals surface area contributed by atoms with E-state index >= 15 is 0 Å². The molecule has 2 rings (SSSR count). The van der Waals surface area contributed by atoms with Crippen LogP contribution in [0.15, 0.2) is 16.6 Å². The Morgan fingerprint density at radius 3 is 2.94 bits per heavy atom. The number of nitrogens with zero attached hydrogens (tertiary/aromatic N) is 1. The maximum absolute atomic E-state index is 5.87. The molecule has 0 bridgehead atoms. The summed E-state index contributed by atoms with van der Waals surface area (Å²) in [6, 6.07) is 3.80. The fraction of sp³-hybridized carbons (Fsp3) is 0.364. The van der Waals surface area contributed by atoms with Gasteiger partial charge in [0.2, 0.25) is 0 Å². The number of hydrogen-bond donors (Lipinski definition) is 2. The molecule has 1 aromatic carbocycles. The van der Waals surface area contributed by atoms with Gasteiger partial charge in [0.05, 0.1) is 17.3 Å². The molecule has 0 atom stereocenters. The second-order valence-electron chi connectivity index (χ2n) is 3.93. The Morgan fingerprint density at radius 2 is 2.25 bits per heavy atom. The molecule has 0 amide bonds. The number of nitrogen functional groups attached to an aromatic ring is 1. The molecular formula is C11H14BrN3O. The maximum Gasteiger partial charge on any atom is 0.133 e. The van der Waals surface area contributed by atoms with Crippen LogP contribution in [0.3, 0.4) is 0 Å². The first kappa shape index (κ1) is 11.4. The topological polar surface area (TPSA) is 63.9 Å². The van der Waals surface area contributed by atoms with Gasteiger partial charge in [-0.15, -0.1) is 0 Å². The quantitative estimate of drug-likeness (QED) is 0.852. The molecule has 0 aliphatic carbocycles. The van der Waals surface area contributed by atoms with Crippen LogP contribution < -0.4 is 5.73 Å². The molecule has 0 fully saturated rings. The Morgan fingerprint density at radius 1 is 1.50 bits per heavy atom. The summed E-state index contributed by atoms with van der Waals surface area (Å²) < 4.78 is 6.42. The number of imidazole rings is 1. The summed E-state index contributed by atoms with van der Waals surface area (Å²) in [4.78, 5) is 7.59. The van der Waals surface area contributed by atoms with E-state index in [9.17, 15) is 0 Å². The van der Waals surface area contributed by atoms with Crippen LogP contribution in [-0.2, 0) is 11.3 Å². The van der Waals surface area contributed by atoms with Gasteiger partial charge in [-0.05, 0) is 26.0 Å². The summed E-state index contributed by atoms with van der Waals surface area (Å²) in [5, 5.41) is 0. The van der Waals surface area contributed by atoms with Crippen molar-refractivity contribution in [3.05, 3.63) is 22.4 Å². The summed E-state index contributed by atoms with van der Waals surface area (Å²) in [6.07, 6.45) is 0.192. The van der Waals surface area contributed by atoms with Crippen molar-refractivity contribution in [3.63, 3.8) is 0 Å². The predicted molar refractivity (Wildman–Crippen MR) is 68.1 cm³/mol. The number of anilines is 1. The van der Waals surface area contributed by atoms with E-state index in [2.05, 4.69) is 25.9 Å². The van der Waals surface area contributed by atoms with Gasteiger partial charge in [0.15, 0.2) is 0 Å². The summed E-state index contributed by atoms with van der Waals surface area (Å²) in [6.45, 7) is 4.46. The number of aromatic amines is 1. The van der Waals surface area contributed by atoms with Gasteiger partial charge in [-0.3, -0.25) is 0 Å². The minimum absolute atomic E-state index is 0.192. The van der Waals surface area contributed by atoms with Gasteiger partial charge >= 0.3 is 0 Å². The molecule has 1 heterocycles. The van der Waals surface area contributed by atoms with E-state index in [-0.39, 0.29) is 6.10 Å². The van der Waals surface area contributed by atoms with Crippen LogP contribution in [-0.4, -0.2) is 16.1 Å². The van der Waals surface area contributed by atoms with Gasteiger partial charge in [0, 0.05) is 4.47 Å². The van der Waals surface area contributed by atoms with Crippen molar-refractivity contribution in [2.45, 2.75) is 26.6 Å². The molecule has 0 saturated heterocycles. The fourth-order valence-electron chi connectivity index (χ4n) is 1.47. The summed E-state index contributed by atoms with van der Waals surface area (Å²) in [7, 11) is 0. The third kappa shape index (κ3) is 2.36. The third-order valence-electron chi connectivity index (χ3n) is 2.18. The van der Waals surface area contributed by atoms with Crippen LogP contribution in [0.2, 0.25) is 0 Å². The van der Waals surface area contributed by atoms with Crippen molar-refractivity contribution in [1.82, 2.24) is 9.97 Å². The van der Waals surface area contributed by atoms with Gasteiger partial charge in [0.25, 0.3) is 0 Å². The van der Waals surface area contributed by atoms with Crippen molar-refractivity contribution in [3.8, 4) is 0 Å². The normalized spacial score (nSPS) is 11.5. The number of rotatable bonds is 3. The lowest BCUT2D eigenvalue weighted by molar-refractivity contribution is 0.0619. The molecule has 2 aromatic rings. The minimum atomic E-state index is 0.192. The van der Waals surface area contributed by atoms with E-state index in [1.165, 1.54) is 0 Å². The summed E-state index contributed by atoms with van der Waals surface area (Å²) >= 11 is 3.40. The SMILES string of the molecule is CC(C)OCc1nc2c(N)cc(Br)cc2[nH]1. The fourth-order valence-corrected chi connectivity index (χ4v) is 1.95. The molecular weight excluding hydrogens is 270 g/mol. The lowest BCUT2D eigenvalue weighted by Gasteiger charge is -2.03. The highest BCUT2D eigenvalue weighted by molar-refractivity contribution is 9.10. The van der Waals surface area contributed by atoms with Crippen molar-refractivity contribution in [2.24, 2.45) is 0 Å². The van der Waals surface area contributed by atoms with Crippen LogP contribution in [0, 0.1) is 0 Å². The molecule has 86 valence electrons. The number of aromatic nitrogens is 2. The zero-order chi connectivity index (χ0) is 11.7. The Kier molecular flexibility index (Phi) is 3.16. The molecule has 0 saturated carbocycles. The van der Waals surface area contributed by atoms with E-state index in [1.807, 2.05) is 26.0 Å². The number of fused-ring (bicyclic) bond motifs is 1. The van der Waals surface area contributed by atoms with Gasteiger partial charge in [-0.2, -0.15) is 0 Å². The Labute approximate surface area is 102 Å². The maximum atomic E-state index is 5.87. The van der Waals surface area contributed by atoms with E-state index in [1.54, 1.807) is 0 Å². The van der Waals surface area contributed by atoms with Gasteiger partial charge in [-0.1, -0.05) is 15.9 Å². The summed E-state index contributed by atoms with van der Waals surface area (Å²) in [5.74, 6) is 0.800.